The average molecular weight is 317 g/mol. The van der Waals surface area contributed by atoms with E-state index in [9.17, 15) is 4.79 Å². The van der Waals surface area contributed by atoms with Gasteiger partial charge in [0.2, 0.25) is 17.6 Å². The second kappa shape index (κ2) is 7.94. The molecule has 1 aliphatic carbocycles. The quantitative estimate of drug-likeness (QED) is 0.755. The van der Waals surface area contributed by atoms with Gasteiger partial charge < -0.3 is 14.3 Å². The molecule has 1 amide bonds. The first-order chi connectivity index (χ1) is 11.3. The van der Waals surface area contributed by atoms with E-state index in [4.69, 9.17) is 8.94 Å². The van der Waals surface area contributed by atoms with Gasteiger partial charge in [-0.15, -0.1) is 0 Å². The number of rotatable bonds is 8. The molecule has 2 heterocycles. The molecule has 3 rings (SSSR count). The lowest BCUT2D eigenvalue weighted by molar-refractivity contribution is -0.121. The highest BCUT2D eigenvalue weighted by Crippen LogP contribution is 2.28. The number of furan rings is 1. The van der Waals surface area contributed by atoms with E-state index >= 15 is 0 Å². The number of amides is 1. The third-order valence-electron chi connectivity index (χ3n) is 4.36. The lowest BCUT2D eigenvalue weighted by Crippen LogP contribution is -2.25. The predicted octanol–water partition coefficient (Wildman–Crippen LogP) is 3.35. The minimum absolute atomic E-state index is 0.0363. The van der Waals surface area contributed by atoms with Crippen LogP contribution in [0.3, 0.4) is 0 Å². The van der Waals surface area contributed by atoms with Crippen molar-refractivity contribution >= 4 is 5.91 Å². The Morgan fingerprint density at radius 2 is 2.22 bits per heavy atom. The van der Waals surface area contributed by atoms with Gasteiger partial charge in [-0.3, -0.25) is 4.79 Å². The van der Waals surface area contributed by atoms with E-state index in [0.717, 1.165) is 18.9 Å². The van der Waals surface area contributed by atoms with Gasteiger partial charge in [-0.05, 0) is 30.9 Å². The van der Waals surface area contributed by atoms with Gasteiger partial charge in [0.15, 0.2) is 5.76 Å². The fraction of sp³-hybridized carbons (Fsp3) is 0.588. The fourth-order valence-electron chi connectivity index (χ4n) is 3.09. The van der Waals surface area contributed by atoms with E-state index < -0.39 is 0 Å². The molecule has 23 heavy (non-hydrogen) atoms. The maximum Gasteiger partial charge on any atom is 0.238 e. The summed E-state index contributed by atoms with van der Waals surface area (Å²) in [4.78, 5) is 16.1. The van der Waals surface area contributed by atoms with Crippen molar-refractivity contribution in [2.45, 2.75) is 51.4 Å². The lowest BCUT2D eigenvalue weighted by Gasteiger charge is -2.08. The zero-order valence-electron chi connectivity index (χ0n) is 13.3. The fourth-order valence-corrected chi connectivity index (χ4v) is 3.09. The summed E-state index contributed by atoms with van der Waals surface area (Å²) in [5.74, 6) is 2.36. The highest BCUT2D eigenvalue weighted by molar-refractivity contribution is 5.75. The Morgan fingerprint density at radius 3 is 3.00 bits per heavy atom. The topological polar surface area (TPSA) is 81.2 Å². The summed E-state index contributed by atoms with van der Waals surface area (Å²) in [5.41, 5.74) is 0. The first kappa shape index (κ1) is 15.8. The second-order valence-electron chi connectivity index (χ2n) is 6.13. The SMILES string of the molecule is O=C(CCc1nc(-c2ccco2)no1)NCCCC1CCCC1. The third-order valence-corrected chi connectivity index (χ3v) is 4.36. The first-order valence-electron chi connectivity index (χ1n) is 8.44. The van der Waals surface area contributed by atoms with Gasteiger partial charge in [-0.1, -0.05) is 30.8 Å². The Balaban J connectivity index is 1.32. The second-order valence-corrected chi connectivity index (χ2v) is 6.13. The largest absolute Gasteiger partial charge is 0.461 e. The molecule has 2 aromatic rings. The van der Waals surface area contributed by atoms with Crippen LogP contribution in [0.15, 0.2) is 27.3 Å². The van der Waals surface area contributed by atoms with Crippen LogP contribution in [-0.2, 0) is 11.2 Å². The van der Waals surface area contributed by atoms with Crippen LogP contribution in [0.25, 0.3) is 11.6 Å². The van der Waals surface area contributed by atoms with Crippen molar-refractivity contribution < 1.29 is 13.7 Å². The molecule has 0 aliphatic heterocycles. The van der Waals surface area contributed by atoms with Gasteiger partial charge in [0.25, 0.3) is 0 Å². The monoisotopic (exact) mass is 317 g/mol. The molecule has 6 nitrogen and oxygen atoms in total. The molecular formula is C17H23N3O3. The summed E-state index contributed by atoms with van der Waals surface area (Å²) in [6.45, 7) is 0.761. The molecule has 6 heteroatoms. The number of carbonyl (C=O) groups excluding carboxylic acids is 1. The molecule has 0 aromatic carbocycles. The van der Waals surface area contributed by atoms with E-state index in [0.29, 0.717) is 30.3 Å². The van der Waals surface area contributed by atoms with Gasteiger partial charge in [0.05, 0.1) is 6.26 Å². The highest BCUT2D eigenvalue weighted by Gasteiger charge is 2.15. The molecule has 1 aliphatic rings. The molecule has 0 unspecified atom stereocenters. The molecule has 0 radical (unpaired) electrons. The zero-order chi connectivity index (χ0) is 15.9. The number of hydrogen-bond acceptors (Lipinski definition) is 5. The zero-order valence-corrected chi connectivity index (χ0v) is 13.3. The Bertz CT molecular complexity index is 600. The van der Waals surface area contributed by atoms with Crippen molar-refractivity contribution in [3.63, 3.8) is 0 Å². The molecule has 1 saturated carbocycles. The number of nitrogens with zero attached hydrogens (tertiary/aromatic N) is 2. The maximum absolute atomic E-state index is 11.8. The van der Waals surface area contributed by atoms with Crippen molar-refractivity contribution in [3.8, 4) is 11.6 Å². The van der Waals surface area contributed by atoms with E-state index in [1.165, 1.54) is 32.1 Å². The third kappa shape index (κ3) is 4.68. The van der Waals surface area contributed by atoms with Gasteiger partial charge in [-0.25, -0.2) is 0 Å². The van der Waals surface area contributed by atoms with Crippen LogP contribution in [0.2, 0.25) is 0 Å². The normalized spacial score (nSPS) is 15.1. The van der Waals surface area contributed by atoms with Crippen LogP contribution in [-0.4, -0.2) is 22.6 Å². The highest BCUT2D eigenvalue weighted by atomic mass is 16.5. The molecule has 1 N–H and O–H groups in total. The molecule has 124 valence electrons. The van der Waals surface area contributed by atoms with Crippen LogP contribution in [0, 0.1) is 5.92 Å². The van der Waals surface area contributed by atoms with Crippen LogP contribution in [0.4, 0.5) is 0 Å². The van der Waals surface area contributed by atoms with Crippen molar-refractivity contribution in [3.05, 3.63) is 24.3 Å². The molecule has 0 atom stereocenters. The van der Waals surface area contributed by atoms with Gasteiger partial charge in [-0.2, -0.15) is 4.98 Å². The van der Waals surface area contributed by atoms with Gasteiger partial charge in [0, 0.05) is 19.4 Å². The molecule has 1 fully saturated rings. The Hall–Kier alpha value is -2.11. The number of aryl methyl sites for hydroxylation is 1. The van der Waals surface area contributed by atoms with Gasteiger partial charge in [0.1, 0.15) is 0 Å². The van der Waals surface area contributed by atoms with Crippen LogP contribution >= 0.6 is 0 Å². The van der Waals surface area contributed by atoms with Crippen molar-refractivity contribution in [2.75, 3.05) is 6.54 Å². The first-order valence-corrected chi connectivity index (χ1v) is 8.44. The predicted molar refractivity (Wildman–Crippen MR) is 84.5 cm³/mol. The van der Waals surface area contributed by atoms with Gasteiger partial charge >= 0.3 is 0 Å². The van der Waals surface area contributed by atoms with Crippen LogP contribution in [0.1, 0.15) is 50.8 Å². The summed E-state index contributed by atoms with van der Waals surface area (Å²) < 4.78 is 10.3. The van der Waals surface area contributed by atoms with Crippen LogP contribution < -0.4 is 5.32 Å². The number of carbonyl (C=O) groups is 1. The van der Waals surface area contributed by atoms with Crippen LogP contribution in [0.5, 0.6) is 0 Å². The number of aromatic nitrogens is 2. The molecule has 2 aromatic heterocycles. The van der Waals surface area contributed by atoms with E-state index in [2.05, 4.69) is 15.5 Å². The van der Waals surface area contributed by atoms with Crippen molar-refractivity contribution in [1.29, 1.82) is 0 Å². The van der Waals surface area contributed by atoms with E-state index in [-0.39, 0.29) is 5.91 Å². The Kier molecular flexibility index (Phi) is 5.45. The summed E-state index contributed by atoms with van der Waals surface area (Å²) in [5, 5.41) is 6.81. The Labute approximate surface area is 135 Å². The standard InChI is InChI=1S/C17H23N3O3/c21-15(18-11-3-7-13-5-1-2-6-13)9-10-16-19-17(20-23-16)14-8-4-12-22-14/h4,8,12-13H,1-3,5-7,9-11H2,(H,18,21). The van der Waals surface area contributed by atoms with Crippen molar-refractivity contribution in [2.24, 2.45) is 5.92 Å². The summed E-state index contributed by atoms with van der Waals surface area (Å²) in [6, 6.07) is 3.54. The Morgan fingerprint density at radius 1 is 1.35 bits per heavy atom. The molecule has 0 spiro atoms. The summed E-state index contributed by atoms with van der Waals surface area (Å²) in [6.07, 6.45) is 10.2. The molecule has 0 bridgehead atoms. The van der Waals surface area contributed by atoms with Crippen molar-refractivity contribution in [1.82, 2.24) is 15.5 Å². The molecular weight excluding hydrogens is 294 g/mol. The lowest BCUT2D eigenvalue weighted by atomic mass is 10.0. The van der Waals surface area contributed by atoms with E-state index in [1.807, 2.05) is 0 Å². The minimum Gasteiger partial charge on any atom is -0.461 e. The average Bonchev–Trinajstić information content (AvgIpc) is 3.31. The maximum atomic E-state index is 11.8. The number of nitrogens with one attached hydrogen (secondary N) is 1. The summed E-state index contributed by atoms with van der Waals surface area (Å²) >= 11 is 0. The number of hydrogen-bond donors (Lipinski definition) is 1. The smallest absolute Gasteiger partial charge is 0.238 e. The molecule has 0 saturated heterocycles. The summed E-state index contributed by atoms with van der Waals surface area (Å²) in [7, 11) is 0. The van der Waals surface area contributed by atoms with E-state index in [1.54, 1.807) is 18.4 Å². The minimum atomic E-state index is 0.0363.